The molecule has 0 aliphatic carbocycles. The molecule has 6 heteroatoms. The minimum Gasteiger partial charge on any atom is -0.326 e. The zero-order chi connectivity index (χ0) is 18.2. The molecular weight excluding hydrogens is 316 g/mol. The van der Waals surface area contributed by atoms with Crippen molar-refractivity contribution in [3.63, 3.8) is 0 Å². The van der Waals surface area contributed by atoms with Crippen LogP contribution in [0.15, 0.2) is 42.6 Å². The molecule has 1 aromatic heterocycles. The van der Waals surface area contributed by atoms with Crippen LogP contribution in [-0.2, 0) is 9.59 Å². The molecule has 0 aliphatic heterocycles. The third-order valence-electron chi connectivity index (χ3n) is 3.73. The highest BCUT2D eigenvalue weighted by atomic mass is 16.2. The number of nitrogens with one attached hydrogen (secondary N) is 2. The molecule has 0 aliphatic rings. The van der Waals surface area contributed by atoms with Gasteiger partial charge < -0.3 is 10.6 Å². The quantitative estimate of drug-likeness (QED) is 0.812. The lowest BCUT2D eigenvalue weighted by Gasteiger charge is -2.16. The molecule has 0 radical (unpaired) electrons. The first-order valence-electron chi connectivity index (χ1n) is 8.20. The number of benzene rings is 1. The van der Waals surface area contributed by atoms with Crippen LogP contribution in [0, 0.1) is 13.8 Å². The number of aromatic nitrogens is 1. The number of carbonyl (C=O) groups excluding carboxylic acids is 2. The Morgan fingerprint density at radius 1 is 1.04 bits per heavy atom. The van der Waals surface area contributed by atoms with Gasteiger partial charge in [0.05, 0.1) is 6.54 Å². The Morgan fingerprint density at radius 2 is 1.80 bits per heavy atom. The standard InChI is InChI=1S/C19H24N4O2/c1-14-8-9-17(20-12-14)22-19(25)13-23(3)11-10-18(24)21-16-7-5-4-6-15(16)2/h4-9,12H,10-11,13H2,1-3H3,(H,21,24)(H,20,22,25). The lowest BCUT2D eigenvalue weighted by atomic mass is 10.2. The van der Waals surface area contributed by atoms with Gasteiger partial charge in [-0.05, 0) is 44.2 Å². The maximum atomic E-state index is 12.0. The fraction of sp³-hybridized carbons (Fsp3) is 0.316. The smallest absolute Gasteiger partial charge is 0.239 e. The van der Waals surface area contributed by atoms with E-state index in [1.54, 1.807) is 17.2 Å². The van der Waals surface area contributed by atoms with Crippen molar-refractivity contribution in [3.05, 3.63) is 53.7 Å². The lowest BCUT2D eigenvalue weighted by molar-refractivity contribution is -0.119. The molecule has 2 amide bonds. The predicted octanol–water partition coefficient (Wildman–Crippen LogP) is 2.60. The van der Waals surface area contributed by atoms with E-state index in [1.165, 1.54) is 0 Å². The van der Waals surface area contributed by atoms with Gasteiger partial charge >= 0.3 is 0 Å². The van der Waals surface area contributed by atoms with Crippen LogP contribution in [0.4, 0.5) is 11.5 Å². The molecule has 0 fully saturated rings. The Kier molecular flexibility index (Phi) is 6.65. The Balaban J connectivity index is 1.73. The third kappa shape index (κ3) is 6.35. The molecular formula is C19H24N4O2. The van der Waals surface area contributed by atoms with E-state index < -0.39 is 0 Å². The molecule has 0 bridgehead atoms. The van der Waals surface area contributed by atoms with Gasteiger partial charge in [-0.1, -0.05) is 24.3 Å². The topological polar surface area (TPSA) is 74.3 Å². The van der Waals surface area contributed by atoms with Crippen molar-refractivity contribution in [2.75, 3.05) is 30.8 Å². The van der Waals surface area contributed by atoms with Gasteiger partial charge in [-0.2, -0.15) is 0 Å². The van der Waals surface area contributed by atoms with Crippen LogP contribution in [0.1, 0.15) is 17.5 Å². The molecule has 0 saturated carbocycles. The van der Waals surface area contributed by atoms with Gasteiger partial charge in [0, 0.05) is 24.8 Å². The number of likely N-dealkylation sites (N-methyl/N-ethyl adjacent to an activating group) is 1. The van der Waals surface area contributed by atoms with Gasteiger partial charge in [-0.3, -0.25) is 14.5 Å². The number of hydrogen-bond acceptors (Lipinski definition) is 4. The number of hydrogen-bond donors (Lipinski definition) is 2. The van der Waals surface area contributed by atoms with Crippen molar-refractivity contribution >= 4 is 23.3 Å². The molecule has 132 valence electrons. The Bertz CT molecular complexity index is 728. The minimum absolute atomic E-state index is 0.0678. The summed E-state index contributed by atoms with van der Waals surface area (Å²) >= 11 is 0. The molecule has 2 rings (SSSR count). The molecule has 1 aromatic carbocycles. The highest BCUT2D eigenvalue weighted by molar-refractivity contribution is 5.92. The van der Waals surface area contributed by atoms with E-state index in [0.717, 1.165) is 16.8 Å². The molecule has 0 spiro atoms. The SMILES string of the molecule is Cc1ccc(NC(=O)CN(C)CCC(=O)Nc2ccccc2C)nc1. The molecule has 0 unspecified atom stereocenters. The van der Waals surface area contributed by atoms with Crippen LogP contribution in [0.25, 0.3) is 0 Å². The third-order valence-corrected chi connectivity index (χ3v) is 3.73. The average molecular weight is 340 g/mol. The number of para-hydroxylation sites is 1. The minimum atomic E-state index is -0.154. The second kappa shape index (κ2) is 8.94. The summed E-state index contributed by atoms with van der Waals surface area (Å²) in [5, 5.41) is 5.63. The first kappa shape index (κ1) is 18.6. The van der Waals surface area contributed by atoms with E-state index >= 15 is 0 Å². The lowest BCUT2D eigenvalue weighted by Crippen LogP contribution is -2.32. The normalized spacial score (nSPS) is 10.6. The van der Waals surface area contributed by atoms with Crippen LogP contribution in [0.3, 0.4) is 0 Å². The molecule has 25 heavy (non-hydrogen) atoms. The Hall–Kier alpha value is -2.73. The molecule has 1 heterocycles. The second-order valence-electron chi connectivity index (χ2n) is 6.12. The number of rotatable bonds is 7. The van der Waals surface area contributed by atoms with Crippen LogP contribution in [0.5, 0.6) is 0 Å². The molecule has 2 N–H and O–H groups in total. The first-order chi connectivity index (χ1) is 11.9. The number of aryl methyl sites for hydroxylation is 2. The summed E-state index contributed by atoms with van der Waals surface area (Å²) in [6.07, 6.45) is 2.02. The Labute approximate surface area is 148 Å². The average Bonchev–Trinajstić information content (AvgIpc) is 2.57. The van der Waals surface area contributed by atoms with Crippen molar-refractivity contribution < 1.29 is 9.59 Å². The van der Waals surface area contributed by atoms with E-state index in [-0.39, 0.29) is 18.4 Å². The summed E-state index contributed by atoms with van der Waals surface area (Å²) in [6.45, 7) is 4.58. The zero-order valence-electron chi connectivity index (χ0n) is 14.9. The molecule has 0 saturated heterocycles. The van der Waals surface area contributed by atoms with Crippen LogP contribution in [-0.4, -0.2) is 41.8 Å². The van der Waals surface area contributed by atoms with Gasteiger partial charge in [0.25, 0.3) is 0 Å². The first-order valence-corrected chi connectivity index (χ1v) is 8.20. The van der Waals surface area contributed by atoms with Gasteiger partial charge in [0.2, 0.25) is 11.8 Å². The van der Waals surface area contributed by atoms with Gasteiger partial charge in [0.1, 0.15) is 5.82 Å². The fourth-order valence-electron chi connectivity index (χ4n) is 2.27. The summed E-state index contributed by atoms with van der Waals surface area (Å²) < 4.78 is 0. The predicted molar refractivity (Wildman–Crippen MR) is 99.5 cm³/mol. The summed E-state index contributed by atoms with van der Waals surface area (Å²) in [4.78, 5) is 30.0. The largest absolute Gasteiger partial charge is 0.326 e. The van der Waals surface area contributed by atoms with Crippen molar-refractivity contribution in [1.82, 2.24) is 9.88 Å². The Morgan fingerprint density at radius 3 is 2.48 bits per heavy atom. The second-order valence-corrected chi connectivity index (χ2v) is 6.12. The number of anilines is 2. The van der Waals surface area contributed by atoms with E-state index in [0.29, 0.717) is 18.8 Å². The summed E-state index contributed by atoms with van der Waals surface area (Å²) in [7, 11) is 1.81. The van der Waals surface area contributed by atoms with Crippen LogP contribution < -0.4 is 10.6 Å². The maximum Gasteiger partial charge on any atom is 0.239 e. The van der Waals surface area contributed by atoms with Crippen molar-refractivity contribution in [3.8, 4) is 0 Å². The molecule has 6 nitrogen and oxygen atoms in total. The van der Waals surface area contributed by atoms with E-state index in [9.17, 15) is 9.59 Å². The monoisotopic (exact) mass is 340 g/mol. The highest BCUT2D eigenvalue weighted by Crippen LogP contribution is 2.13. The van der Waals surface area contributed by atoms with Gasteiger partial charge in [0.15, 0.2) is 0 Å². The number of nitrogens with zero attached hydrogens (tertiary/aromatic N) is 2. The van der Waals surface area contributed by atoms with Crippen molar-refractivity contribution in [2.45, 2.75) is 20.3 Å². The van der Waals surface area contributed by atoms with Crippen LogP contribution >= 0.6 is 0 Å². The van der Waals surface area contributed by atoms with Crippen molar-refractivity contribution in [2.24, 2.45) is 0 Å². The van der Waals surface area contributed by atoms with Gasteiger partial charge in [-0.15, -0.1) is 0 Å². The summed E-state index contributed by atoms with van der Waals surface area (Å²) in [6, 6.07) is 11.3. The van der Waals surface area contributed by atoms with E-state index in [4.69, 9.17) is 0 Å². The van der Waals surface area contributed by atoms with E-state index in [2.05, 4.69) is 15.6 Å². The number of carbonyl (C=O) groups is 2. The fourth-order valence-corrected chi connectivity index (χ4v) is 2.27. The zero-order valence-corrected chi connectivity index (χ0v) is 14.9. The van der Waals surface area contributed by atoms with Crippen LogP contribution in [0.2, 0.25) is 0 Å². The highest BCUT2D eigenvalue weighted by Gasteiger charge is 2.10. The van der Waals surface area contributed by atoms with Gasteiger partial charge in [-0.25, -0.2) is 4.98 Å². The number of amides is 2. The van der Waals surface area contributed by atoms with Crippen molar-refractivity contribution in [1.29, 1.82) is 0 Å². The number of pyridine rings is 1. The maximum absolute atomic E-state index is 12.0. The van der Waals surface area contributed by atoms with E-state index in [1.807, 2.05) is 51.2 Å². The summed E-state index contributed by atoms with van der Waals surface area (Å²) in [5.41, 5.74) is 2.88. The molecule has 0 atom stereocenters. The molecule has 2 aromatic rings. The summed E-state index contributed by atoms with van der Waals surface area (Å²) in [5.74, 6) is 0.307.